The van der Waals surface area contributed by atoms with Crippen molar-refractivity contribution >= 4 is 5.91 Å². The lowest BCUT2D eigenvalue weighted by atomic mass is 10.1. The first-order valence-electron chi connectivity index (χ1n) is 5.55. The molecule has 1 rings (SSSR count). The lowest BCUT2D eigenvalue weighted by molar-refractivity contribution is 0.0187. The normalized spacial score (nSPS) is 10.8. The number of hydrogen-bond donors (Lipinski definition) is 2. The van der Waals surface area contributed by atoms with Crippen molar-refractivity contribution in [1.29, 1.82) is 0 Å². The molecule has 3 N–H and O–H groups in total. The number of benzene rings is 1. The van der Waals surface area contributed by atoms with Gasteiger partial charge in [0.15, 0.2) is 0 Å². The average molecular weight is 258 g/mol. The SMILES string of the molecule is NC(=O)c1ccccc1CNCCOCC(F)F. The molecule has 1 amide bonds. The molecular formula is C12H16F2N2O2. The Bertz CT molecular complexity index is 386. The molecule has 0 saturated heterocycles. The number of hydrogen-bond acceptors (Lipinski definition) is 3. The van der Waals surface area contributed by atoms with Crippen molar-refractivity contribution in [3.63, 3.8) is 0 Å². The van der Waals surface area contributed by atoms with Gasteiger partial charge >= 0.3 is 0 Å². The minimum Gasteiger partial charge on any atom is -0.374 e. The summed E-state index contributed by atoms with van der Waals surface area (Å²) in [4.78, 5) is 11.1. The molecule has 0 spiro atoms. The Hall–Kier alpha value is -1.53. The topological polar surface area (TPSA) is 64.4 Å². The predicted octanol–water partition coefficient (Wildman–Crippen LogP) is 1.16. The first-order valence-corrected chi connectivity index (χ1v) is 5.55. The first kappa shape index (κ1) is 14.5. The molecule has 0 aliphatic carbocycles. The molecule has 1 aromatic rings. The van der Waals surface area contributed by atoms with Crippen molar-refractivity contribution < 1.29 is 18.3 Å². The molecule has 0 bridgehead atoms. The van der Waals surface area contributed by atoms with Gasteiger partial charge in [-0.3, -0.25) is 4.79 Å². The standard InChI is InChI=1S/C12H16F2N2O2/c13-11(14)8-18-6-5-16-7-9-3-1-2-4-10(9)12(15)17/h1-4,11,16H,5-8H2,(H2,15,17). The summed E-state index contributed by atoms with van der Waals surface area (Å²) in [5.41, 5.74) is 6.46. The maximum atomic E-state index is 11.8. The Morgan fingerprint density at radius 1 is 1.39 bits per heavy atom. The number of nitrogens with two attached hydrogens (primary N) is 1. The third-order valence-corrected chi connectivity index (χ3v) is 2.27. The van der Waals surface area contributed by atoms with Crippen LogP contribution in [0.3, 0.4) is 0 Å². The van der Waals surface area contributed by atoms with E-state index in [0.29, 0.717) is 18.7 Å². The molecular weight excluding hydrogens is 242 g/mol. The van der Waals surface area contributed by atoms with E-state index in [1.54, 1.807) is 24.3 Å². The fraction of sp³-hybridized carbons (Fsp3) is 0.417. The van der Waals surface area contributed by atoms with Crippen LogP contribution in [-0.4, -0.2) is 32.1 Å². The van der Waals surface area contributed by atoms with Gasteiger partial charge in [-0.1, -0.05) is 18.2 Å². The second-order valence-electron chi connectivity index (χ2n) is 3.66. The summed E-state index contributed by atoms with van der Waals surface area (Å²) in [6, 6.07) is 6.96. The van der Waals surface area contributed by atoms with Gasteiger partial charge in [0.1, 0.15) is 6.61 Å². The summed E-state index contributed by atoms with van der Waals surface area (Å²) in [5.74, 6) is -0.485. The third kappa shape index (κ3) is 5.20. The maximum Gasteiger partial charge on any atom is 0.261 e. The zero-order valence-electron chi connectivity index (χ0n) is 9.86. The van der Waals surface area contributed by atoms with Crippen LogP contribution in [0.1, 0.15) is 15.9 Å². The van der Waals surface area contributed by atoms with Gasteiger partial charge in [-0.25, -0.2) is 8.78 Å². The molecule has 18 heavy (non-hydrogen) atoms. The second kappa shape index (κ2) is 7.73. The predicted molar refractivity (Wildman–Crippen MR) is 63.5 cm³/mol. The highest BCUT2D eigenvalue weighted by Crippen LogP contribution is 2.07. The summed E-state index contributed by atoms with van der Waals surface area (Å²) >= 11 is 0. The van der Waals surface area contributed by atoms with Gasteiger partial charge in [0, 0.05) is 18.7 Å². The molecule has 0 fully saturated rings. The van der Waals surface area contributed by atoms with Crippen molar-refractivity contribution in [2.45, 2.75) is 13.0 Å². The molecule has 1 aromatic carbocycles. The second-order valence-corrected chi connectivity index (χ2v) is 3.66. The lowest BCUT2D eigenvalue weighted by Gasteiger charge is -2.08. The molecule has 0 aliphatic rings. The number of carbonyl (C=O) groups is 1. The molecule has 0 heterocycles. The molecule has 0 saturated carbocycles. The Balaban J connectivity index is 2.29. The number of carbonyl (C=O) groups excluding carboxylic acids is 1. The molecule has 0 aliphatic heterocycles. The van der Waals surface area contributed by atoms with Crippen molar-refractivity contribution in [2.75, 3.05) is 19.8 Å². The van der Waals surface area contributed by atoms with Crippen LogP contribution in [0.4, 0.5) is 8.78 Å². The van der Waals surface area contributed by atoms with Gasteiger partial charge in [0.05, 0.1) is 6.61 Å². The van der Waals surface area contributed by atoms with Crippen molar-refractivity contribution in [3.05, 3.63) is 35.4 Å². The Morgan fingerprint density at radius 3 is 2.78 bits per heavy atom. The monoisotopic (exact) mass is 258 g/mol. The highest BCUT2D eigenvalue weighted by Gasteiger charge is 2.06. The van der Waals surface area contributed by atoms with Gasteiger partial charge in [0.2, 0.25) is 5.91 Å². The number of amides is 1. The minimum atomic E-state index is -2.44. The Kier molecular flexibility index (Phi) is 6.24. The molecule has 6 heteroatoms. The van der Waals surface area contributed by atoms with Crippen LogP contribution >= 0.6 is 0 Å². The van der Waals surface area contributed by atoms with Gasteiger partial charge < -0.3 is 15.8 Å². The molecule has 4 nitrogen and oxygen atoms in total. The Labute approximate surface area is 104 Å². The van der Waals surface area contributed by atoms with Gasteiger partial charge in [-0.15, -0.1) is 0 Å². The minimum absolute atomic E-state index is 0.197. The zero-order chi connectivity index (χ0) is 13.4. The third-order valence-electron chi connectivity index (χ3n) is 2.27. The number of ether oxygens (including phenoxy) is 1. The van der Waals surface area contributed by atoms with E-state index in [-0.39, 0.29) is 6.61 Å². The Morgan fingerprint density at radius 2 is 2.11 bits per heavy atom. The van der Waals surface area contributed by atoms with E-state index >= 15 is 0 Å². The summed E-state index contributed by atoms with van der Waals surface area (Å²) < 4.78 is 28.2. The largest absolute Gasteiger partial charge is 0.374 e. The smallest absolute Gasteiger partial charge is 0.261 e. The highest BCUT2D eigenvalue weighted by atomic mass is 19.3. The van der Waals surface area contributed by atoms with Crippen molar-refractivity contribution in [3.8, 4) is 0 Å². The lowest BCUT2D eigenvalue weighted by Crippen LogP contribution is -2.23. The summed E-state index contributed by atoms with van der Waals surface area (Å²) in [6.45, 7) is 0.513. The van der Waals surface area contributed by atoms with Crippen molar-refractivity contribution in [1.82, 2.24) is 5.32 Å². The van der Waals surface area contributed by atoms with E-state index in [2.05, 4.69) is 5.32 Å². The molecule has 0 unspecified atom stereocenters. The summed E-state index contributed by atoms with van der Waals surface area (Å²) in [7, 11) is 0. The first-order chi connectivity index (χ1) is 8.61. The molecule has 0 radical (unpaired) electrons. The van der Waals surface area contributed by atoms with E-state index in [1.165, 1.54) is 0 Å². The van der Waals surface area contributed by atoms with E-state index in [4.69, 9.17) is 10.5 Å². The van der Waals surface area contributed by atoms with Crippen LogP contribution in [-0.2, 0) is 11.3 Å². The van der Waals surface area contributed by atoms with Crippen LogP contribution in [0.25, 0.3) is 0 Å². The summed E-state index contributed by atoms with van der Waals surface area (Å²) in [5, 5.41) is 2.99. The highest BCUT2D eigenvalue weighted by molar-refractivity contribution is 5.94. The van der Waals surface area contributed by atoms with E-state index in [9.17, 15) is 13.6 Å². The maximum absolute atomic E-state index is 11.8. The van der Waals surface area contributed by atoms with E-state index in [0.717, 1.165) is 5.56 Å². The van der Waals surface area contributed by atoms with Gasteiger partial charge in [-0.2, -0.15) is 0 Å². The molecule has 100 valence electrons. The quantitative estimate of drug-likeness (QED) is 0.688. The average Bonchev–Trinajstić information content (AvgIpc) is 2.33. The van der Waals surface area contributed by atoms with Crippen LogP contribution in [0.15, 0.2) is 24.3 Å². The van der Waals surface area contributed by atoms with Gasteiger partial charge in [-0.05, 0) is 11.6 Å². The van der Waals surface area contributed by atoms with Gasteiger partial charge in [0.25, 0.3) is 6.43 Å². The van der Waals surface area contributed by atoms with Crippen LogP contribution in [0.2, 0.25) is 0 Å². The van der Waals surface area contributed by atoms with Crippen molar-refractivity contribution in [2.24, 2.45) is 5.73 Å². The van der Waals surface area contributed by atoms with E-state index in [1.807, 2.05) is 0 Å². The zero-order valence-corrected chi connectivity index (χ0v) is 9.86. The van der Waals surface area contributed by atoms with E-state index < -0.39 is 18.9 Å². The fourth-order valence-electron chi connectivity index (χ4n) is 1.45. The number of halogens is 2. The fourth-order valence-corrected chi connectivity index (χ4v) is 1.45. The molecule has 0 atom stereocenters. The van der Waals surface area contributed by atoms with Crippen LogP contribution < -0.4 is 11.1 Å². The van der Waals surface area contributed by atoms with Crippen LogP contribution in [0, 0.1) is 0 Å². The molecule has 0 aromatic heterocycles. The summed E-state index contributed by atoms with van der Waals surface area (Å²) in [6.07, 6.45) is -2.44. The number of nitrogens with one attached hydrogen (secondary N) is 1. The number of rotatable bonds is 8. The number of primary amides is 1. The number of alkyl halides is 2. The van der Waals surface area contributed by atoms with Crippen LogP contribution in [0.5, 0.6) is 0 Å².